The van der Waals surface area contributed by atoms with Crippen LogP contribution in [0, 0.1) is 0 Å². The van der Waals surface area contributed by atoms with Gasteiger partial charge < -0.3 is 15.1 Å². The standard InChI is InChI=1S/C19H21BrF3N5O/c1-26-7-9-27(10-8-26)18(29)16-15(20)17-24-13(12-5-3-2-4-6-12)11-14(19(21,22)23)28(17)25-16/h2-6,13-14,24H,7-11H2,1H3/t13-,14+/m1/s1. The first-order valence-corrected chi connectivity index (χ1v) is 10.2. The molecule has 1 aromatic carbocycles. The number of anilines is 1. The van der Waals surface area contributed by atoms with Gasteiger partial charge in [0.15, 0.2) is 11.7 Å². The molecule has 2 aliphatic rings. The molecule has 0 radical (unpaired) electrons. The van der Waals surface area contributed by atoms with Gasteiger partial charge >= 0.3 is 6.18 Å². The first-order valence-electron chi connectivity index (χ1n) is 9.39. The SMILES string of the molecule is CN1CCN(C(=O)c2nn3c(c2Br)N[C@@H](c2ccccc2)C[C@H]3C(F)(F)F)CC1. The van der Waals surface area contributed by atoms with E-state index in [4.69, 9.17) is 0 Å². The summed E-state index contributed by atoms with van der Waals surface area (Å²) in [4.78, 5) is 16.7. The largest absolute Gasteiger partial charge is 0.410 e. The molecule has 0 unspecified atom stereocenters. The van der Waals surface area contributed by atoms with E-state index in [1.807, 2.05) is 13.1 Å². The Morgan fingerprint density at radius 2 is 1.83 bits per heavy atom. The molecule has 2 aromatic rings. The Morgan fingerprint density at radius 1 is 1.17 bits per heavy atom. The highest BCUT2D eigenvalue weighted by molar-refractivity contribution is 9.10. The van der Waals surface area contributed by atoms with Crippen LogP contribution in [0.1, 0.15) is 34.6 Å². The van der Waals surface area contributed by atoms with Gasteiger partial charge in [0.05, 0.1) is 10.5 Å². The molecule has 0 spiro atoms. The highest BCUT2D eigenvalue weighted by Crippen LogP contribution is 2.46. The monoisotopic (exact) mass is 471 g/mol. The van der Waals surface area contributed by atoms with Gasteiger partial charge in [0, 0.05) is 32.6 Å². The van der Waals surface area contributed by atoms with Crippen molar-refractivity contribution < 1.29 is 18.0 Å². The van der Waals surface area contributed by atoms with Gasteiger partial charge in [0.1, 0.15) is 5.82 Å². The minimum Gasteiger partial charge on any atom is -0.362 e. The van der Waals surface area contributed by atoms with E-state index in [9.17, 15) is 18.0 Å². The van der Waals surface area contributed by atoms with E-state index in [1.54, 1.807) is 29.2 Å². The Balaban J connectivity index is 1.69. The number of carbonyl (C=O) groups excluding carboxylic acids is 1. The topological polar surface area (TPSA) is 53.4 Å². The number of piperazine rings is 1. The summed E-state index contributed by atoms with van der Waals surface area (Å²) in [5.41, 5.74) is 0.771. The summed E-state index contributed by atoms with van der Waals surface area (Å²) in [7, 11) is 1.97. The molecule has 3 heterocycles. The summed E-state index contributed by atoms with van der Waals surface area (Å²) < 4.78 is 42.7. The molecule has 1 saturated heterocycles. The molecule has 10 heteroatoms. The van der Waals surface area contributed by atoms with E-state index < -0.39 is 18.3 Å². The molecule has 1 fully saturated rings. The molecule has 0 saturated carbocycles. The zero-order chi connectivity index (χ0) is 20.8. The summed E-state index contributed by atoms with van der Waals surface area (Å²) in [5, 5.41) is 7.25. The lowest BCUT2D eigenvalue weighted by Crippen LogP contribution is -2.47. The van der Waals surface area contributed by atoms with Gasteiger partial charge in [-0.3, -0.25) is 4.79 Å². The number of fused-ring (bicyclic) bond motifs is 1. The Kier molecular flexibility index (Phi) is 5.32. The molecule has 6 nitrogen and oxygen atoms in total. The normalized spacial score (nSPS) is 22.9. The number of hydrogen-bond acceptors (Lipinski definition) is 4. The number of halogens is 4. The number of benzene rings is 1. The van der Waals surface area contributed by atoms with Gasteiger partial charge in [0.2, 0.25) is 0 Å². The molecule has 0 bridgehead atoms. The van der Waals surface area contributed by atoms with E-state index in [0.717, 1.165) is 23.3 Å². The van der Waals surface area contributed by atoms with E-state index in [1.165, 1.54) is 0 Å². The average Bonchev–Trinajstić information content (AvgIpc) is 3.04. The van der Waals surface area contributed by atoms with Crippen molar-refractivity contribution in [2.45, 2.75) is 24.7 Å². The van der Waals surface area contributed by atoms with Crippen LogP contribution in [-0.2, 0) is 0 Å². The summed E-state index contributed by atoms with van der Waals surface area (Å²) in [5.74, 6) is -0.171. The fraction of sp³-hybridized carbons (Fsp3) is 0.474. The van der Waals surface area contributed by atoms with Crippen LogP contribution in [0.4, 0.5) is 19.0 Å². The van der Waals surface area contributed by atoms with Crippen LogP contribution in [0.5, 0.6) is 0 Å². The lowest BCUT2D eigenvalue weighted by atomic mass is 9.97. The van der Waals surface area contributed by atoms with Crippen molar-refractivity contribution in [1.29, 1.82) is 0 Å². The molecule has 29 heavy (non-hydrogen) atoms. The Labute approximate surface area is 174 Å². The van der Waals surface area contributed by atoms with Crippen LogP contribution in [0.15, 0.2) is 34.8 Å². The van der Waals surface area contributed by atoms with Gasteiger partial charge in [-0.25, -0.2) is 4.68 Å². The van der Waals surface area contributed by atoms with Crippen LogP contribution in [0.3, 0.4) is 0 Å². The minimum atomic E-state index is -4.48. The van der Waals surface area contributed by atoms with Crippen molar-refractivity contribution in [3.05, 3.63) is 46.1 Å². The Hall–Kier alpha value is -2.07. The van der Waals surface area contributed by atoms with Gasteiger partial charge in [-0.2, -0.15) is 18.3 Å². The number of rotatable bonds is 2. The van der Waals surface area contributed by atoms with Crippen molar-refractivity contribution in [2.75, 3.05) is 38.5 Å². The summed E-state index contributed by atoms with van der Waals surface area (Å²) in [6.07, 6.45) is -4.68. The molecular formula is C19H21BrF3N5O. The third kappa shape index (κ3) is 3.87. The maximum Gasteiger partial charge on any atom is 0.410 e. The van der Waals surface area contributed by atoms with E-state index in [0.29, 0.717) is 13.1 Å². The van der Waals surface area contributed by atoms with Crippen LogP contribution in [-0.4, -0.2) is 64.9 Å². The third-order valence-electron chi connectivity index (χ3n) is 5.49. The van der Waals surface area contributed by atoms with Gasteiger partial charge in [-0.15, -0.1) is 0 Å². The predicted molar refractivity (Wildman–Crippen MR) is 106 cm³/mol. The van der Waals surface area contributed by atoms with Crippen molar-refractivity contribution in [1.82, 2.24) is 19.6 Å². The van der Waals surface area contributed by atoms with Crippen molar-refractivity contribution in [2.24, 2.45) is 0 Å². The number of aromatic nitrogens is 2. The molecule has 4 rings (SSSR count). The lowest BCUT2D eigenvalue weighted by molar-refractivity contribution is -0.173. The van der Waals surface area contributed by atoms with E-state index in [2.05, 4.69) is 31.2 Å². The molecule has 1 aromatic heterocycles. The molecule has 2 aliphatic heterocycles. The van der Waals surface area contributed by atoms with E-state index in [-0.39, 0.29) is 28.3 Å². The Bertz CT molecular complexity index is 893. The second kappa shape index (κ2) is 7.64. The van der Waals surface area contributed by atoms with Crippen molar-refractivity contribution in [3.63, 3.8) is 0 Å². The fourth-order valence-electron chi connectivity index (χ4n) is 3.79. The number of likely N-dealkylation sites (N-methyl/N-ethyl adjacent to an activating group) is 1. The molecular weight excluding hydrogens is 451 g/mol. The Morgan fingerprint density at radius 3 is 2.45 bits per heavy atom. The first-order chi connectivity index (χ1) is 13.8. The molecule has 1 amide bonds. The van der Waals surface area contributed by atoms with Crippen LogP contribution in [0.2, 0.25) is 0 Å². The smallest absolute Gasteiger partial charge is 0.362 e. The summed E-state index contributed by atoms with van der Waals surface area (Å²) >= 11 is 3.34. The van der Waals surface area contributed by atoms with Crippen molar-refractivity contribution in [3.8, 4) is 0 Å². The van der Waals surface area contributed by atoms with Gasteiger partial charge in [-0.1, -0.05) is 30.3 Å². The second-order valence-electron chi connectivity index (χ2n) is 7.45. The fourth-order valence-corrected chi connectivity index (χ4v) is 4.33. The second-order valence-corrected chi connectivity index (χ2v) is 8.24. The summed E-state index contributed by atoms with van der Waals surface area (Å²) in [6.45, 7) is 2.48. The van der Waals surface area contributed by atoms with E-state index >= 15 is 0 Å². The number of amides is 1. The van der Waals surface area contributed by atoms with Crippen LogP contribution >= 0.6 is 15.9 Å². The number of hydrogen-bond donors (Lipinski definition) is 1. The maximum atomic E-state index is 13.8. The van der Waals surface area contributed by atoms with Gasteiger partial charge in [0.25, 0.3) is 5.91 Å². The maximum absolute atomic E-state index is 13.8. The van der Waals surface area contributed by atoms with Crippen molar-refractivity contribution >= 4 is 27.7 Å². The predicted octanol–water partition coefficient (Wildman–Crippen LogP) is 3.69. The summed E-state index contributed by atoms with van der Waals surface area (Å²) in [6, 6.07) is 6.65. The molecule has 156 valence electrons. The number of nitrogens with one attached hydrogen (secondary N) is 1. The number of carbonyl (C=O) groups is 1. The highest BCUT2D eigenvalue weighted by Gasteiger charge is 2.48. The number of nitrogens with zero attached hydrogens (tertiary/aromatic N) is 4. The van der Waals surface area contributed by atoms with Gasteiger partial charge in [-0.05, 0) is 28.5 Å². The quantitative estimate of drug-likeness (QED) is 0.725. The molecule has 0 aliphatic carbocycles. The van der Waals surface area contributed by atoms with Crippen LogP contribution in [0.25, 0.3) is 0 Å². The first kappa shape index (κ1) is 20.2. The zero-order valence-electron chi connectivity index (χ0n) is 15.8. The number of alkyl halides is 3. The zero-order valence-corrected chi connectivity index (χ0v) is 17.4. The average molecular weight is 472 g/mol. The molecule has 1 N–H and O–H groups in total. The highest BCUT2D eigenvalue weighted by atomic mass is 79.9. The minimum absolute atomic E-state index is 0.0139. The third-order valence-corrected chi connectivity index (χ3v) is 6.24. The molecule has 2 atom stereocenters. The lowest BCUT2D eigenvalue weighted by Gasteiger charge is -2.33. The van der Waals surface area contributed by atoms with Crippen LogP contribution < -0.4 is 5.32 Å².